The van der Waals surface area contributed by atoms with E-state index in [-0.39, 0.29) is 17.0 Å². The first-order valence-corrected chi connectivity index (χ1v) is 9.97. The molecule has 0 radical (unpaired) electrons. The normalized spacial score (nSPS) is 9.75. The summed E-state index contributed by atoms with van der Waals surface area (Å²) in [6.45, 7) is 3.16. The molecular formula is C21H41BrN2. The molecule has 0 bridgehead atoms. The highest BCUT2D eigenvalue weighted by Crippen LogP contribution is 2.12. The zero-order chi connectivity index (χ0) is 16.8. The van der Waals surface area contributed by atoms with Gasteiger partial charge in [-0.15, -0.1) is 17.0 Å². The fraction of sp³-hybridized carbons (Fsp3) is 0.762. The predicted molar refractivity (Wildman–Crippen MR) is 114 cm³/mol. The van der Waals surface area contributed by atoms with E-state index in [1.165, 1.54) is 89.9 Å². The molecule has 2 nitrogen and oxygen atoms in total. The first-order valence-electron chi connectivity index (χ1n) is 9.97. The van der Waals surface area contributed by atoms with Crippen molar-refractivity contribution in [2.75, 3.05) is 6.54 Å². The number of rotatable bonds is 14. The van der Waals surface area contributed by atoms with Gasteiger partial charge >= 0.3 is 0 Å². The number of pyridine rings is 1. The second-order valence-corrected chi connectivity index (χ2v) is 6.41. The van der Waals surface area contributed by atoms with E-state index < -0.39 is 0 Å². The number of hydrogen-bond donors (Lipinski definition) is 1. The Hall–Kier alpha value is -0.410. The van der Waals surface area contributed by atoms with Gasteiger partial charge in [0.2, 0.25) is 0 Å². The van der Waals surface area contributed by atoms with Gasteiger partial charge < -0.3 is 5.73 Å². The number of unbranched alkanes of at least 4 members (excludes halogenated alkanes) is 13. The lowest BCUT2D eigenvalue weighted by molar-refractivity contribution is 0.536. The monoisotopic (exact) mass is 400 g/mol. The van der Waals surface area contributed by atoms with Gasteiger partial charge in [0.05, 0.1) is 0 Å². The highest BCUT2D eigenvalue weighted by Gasteiger charge is 1.93. The van der Waals surface area contributed by atoms with E-state index in [0.717, 1.165) is 6.54 Å². The first-order chi connectivity index (χ1) is 11.4. The van der Waals surface area contributed by atoms with Crippen molar-refractivity contribution in [3.8, 4) is 0 Å². The molecule has 0 fully saturated rings. The molecule has 0 saturated heterocycles. The van der Waals surface area contributed by atoms with Gasteiger partial charge in [-0.05, 0) is 25.1 Å². The summed E-state index contributed by atoms with van der Waals surface area (Å²) in [4.78, 5) is 3.78. The smallest absolute Gasteiger partial charge is 0.0267 e. The van der Waals surface area contributed by atoms with E-state index >= 15 is 0 Å². The van der Waals surface area contributed by atoms with Crippen LogP contribution in [0.5, 0.6) is 0 Å². The third kappa shape index (κ3) is 23.9. The average molecular weight is 401 g/mol. The largest absolute Gasteiger partial charge is 0.330 e. The van der Waals surface area contributed by atoms with Gasteiger partial charge in [0.1, 0.15) is 0 Å². The van der Waals surface area contributed by atoms with Crippen LogP contribution in [0.2, 0.25) is 0 Å². The third-order valence-electron chi connectivity index (χ3n) is 4.12. The van der Waals surface area contributed by atoms with Gasteiger partial charge in [-0.25, -0.2) is 0 Å². The molecular weight excluding hydrogens is 360 g/mol. The van der Waals surface area contributed by atoms with Crippen LogP contribution >= 0.6 is 17.0 Å². The molecule has 142 valence electrons. The molecule has 0 aromatic carbocycles. The summed E-state index contributed by atoms with van der Waals surface area (Å²) >= 11 is 0. The third-order valence-corrected chi connectivity index (χ3v) is 4.12. The molecule has 1 aromatic rings. The predicted octanol–water partition coefficient (Wildman–Crippen LogP) is 7.09. The van der Waals surface area contributed by atoms with Crippen LogP contribution in [0, 0.1) is 0 Å². The van der Waals surface area contributed by atoms with Crippen LogP contribution < -0.4 is 5.73 Å². The van der Waals surface area contributed by atoms with Crippen LogP contribution in [0.25, 0.3) is 0 Å². The fourth-order valence-corrected chi connectivity index (χ4v) is 2.65. The van der Waals surface area contributed by atoms with Crippen molar-refractivity contribution < 1.29 is 0 Å². The van der Waals surface area contributed by atoms with Crippen molar-refractivity contribution in [3.05, 3.63) is 30.6 Å². The van der Waals surface area contributed by atoms with E-state index in [9.17, 15) is 0 Å². The molecule has 1 aromatic heterocycles. The summed E-state index contributed by atoms with van der Waals surface area (Å²) < 4.78 is 0. The number of hydrogen-bond acceptors (Lipinski definition) is 2. The van der Waals surface area contributed by atoms with Crippen molar-refractivity contribution in [1.82, 2.24) is 4.98 Å². The molecule has 0 amide bonds. The van der Waals surface area contributed by atoms with Crippen LogP contribution in [0.15, 0.2) is 30.6 Å². The molecule has 0 aliphatic rings. The Morgan fingerprint density at radius 2 is 0.958 bits per heavy atom. The van der Waals surface area contributed by atoms with E-state index in [2.05, 4.69) is 11.9 Å². The Balaban J connectivity index is 0. The van der Waals surface area contributed by atoms with Gasteiger partial charge in [0.15, 0.2) is 0 Å². The topological polar surface area (TPSA) is 38.9 Å². The zero-order valence-electron chi connectivity index (χ0n) is 15.9. The second kappa shape index (κ2) is 24.8. The van der Waals surface area contributed by atoms with Gasteiger partial charge in [0.25, 0.3) is 0 Å². The standard InChI is InChI=1S/C16H35N.C5H5N.BrH/c1-2-3-4-5-6-7-8-9-10-11-12-13-14-15-16-17;1-2-4-6-5-3-1;/h2-17H2,1H3;1-5H;1H. The molecule has 0 unspecified atom stereocenters. The summed E-state index contributed by atoms with van der Waals surface area (Å²) in [5, 5.41) is 0. The van der Waals surface area contributed by atoms with E-state index in [1.54, 1.807) is 12.4 Å². The molecule has 0 spiro atoms. The molecule has 2 N–H and O–H groups in total. The molecule has 0 atom stereocenters. The Bertz CT molecular complexity index is 252. The van der Waals surface area contributed by atoms with Crippen LogP contribution in [-0.4, -0.2) is 11.5 Å². The number of aromatic nitrogens is 1. The average Bonchev–Trinajstić information content (AvgIpc) is 2.61. The van der Waals surface area contributed by atoms with Crippen molar-refractivity contribution >= 4 is 17.0 Å². The Morgan fingerprint density at radius 1 is 0.583 bits per heavy atom. The van der Waals surface area contributed by atoms with E-state index in [4.69, 9.17) is 5.73 Å². The highest BCUT2D eigenvalue weighted by molar-refractivity contribution is 8.93. The fourth-order valence-electron chi connectivity index (χ4n) is 2.65. The van der Waals surface area contributed by atoms with E-state index in [0.29, 0.717) is 0 Å². The van der Waals surface area contributed by atoms with Gasteiger partial charge in [-0.2, -0.15) is 0 Å². The Labute approximate surface area is 161 Å². The molecule has 0 saturated carbocycles. The van der Waals surface area contributed by atoms with E-state index in [1.807, 2.05) is 18.2 Å². The molecule has 3 heteroatoms. The minimum atomic E-state index is 0. The molecule has 1 rings (SSSR count). The zero-order valence-corrected chi connectivity index (χ0v) is 17.6. The maximum absolute atomic E-state index is 5.47. The first kappa shape index (κ1) is 25.8. The van der Waals surface area contributed by atoms with Crippen LogP contribution in [-0.2, 0) is 0 Å². The SMILES string of the molecule is Br.CCCCCCCCCCCCCCCCN.c1ccncc1. The molecule has 1 heterocycles. The van der Waals surface area contributed by atoms with Gasteiger partial charge in [-0.3, -0.25) is 4.98 Å². The molecule has 0 aliphatic heterocycles. The van der Waals surface area contributed by atoms with Crippen molar-refractivity contribution in [2.24, 2.45) is 5.73 Å². The molecule has 24 heavy (non-hydrogen) atoms. The highest BCUT2D eigenvalue weighted by atomic mass is 79.9. The van der Waals surface area contributed by atoms with Crippen LogP contribution in [0.1, 0.15) is 96.8 Å². The summed E-state index contributed by atoms with van der Waals surface area (Å²) in [5.74, 6) is 0. The summed E-state index contributed by atoms with van der Waals surface area (Å²) in [5.41, 5.74) is 5.47. The number of nitrogens with zero attached hydrogens (tertiary/aromatic N) is 1. The van der Waals surface area contributed by atoms with Crippen molar-refractivity contribution in [2.45, 2.75) is 96.8 Å². The second-order valence-electron chi connectivity index (χ2n) is 6.41. The summed E-state index contributed by atoms with van der Waals surface area (Å²) in [6, 6.07) is 5.72. The lowest BCUT2D eigenvalue weighted by Crippen LogP contribution is -1.97. The quantitative estimate of drug-likeness (QED) is 0.338. The van der Waals surface area contributed by atoms with Crippen molar-refractivity contribution in [1.29, 1.82) is 0 Å². The Kier molecular flexibility index (Phi) is 26.7. The van der Waals surface area contributed by atoms with Crippen LogP contribution in [0.4, 0.5) is 0 Å². The van der Waals surface area contributed by atoms with Gasteiger partial charge in [-0.1, -0.05) is 96.5 Å². The lowest BCUT2D eigenvalue weighted by Gasteiger charge is -2.02. The minimum absolute atomic E-state index is 0. The summed E-state index contributed by atoms with van der Waals surface area (Å²) in [7, 11) is 0. The van der Waals surface area contributed by atoms with Gasteiger partial charge in [0, 0.05) is 12.4 Å². The lowest BCUT2D eigenvalue weighted by atomic mass is 10.0. The number of halogens is 1. The molecule has 0 aliphatic carbocycles. The minimum Gasteiger partial charge on any atom is -0.330 e. The summed E-state index contributed by atoms with van der Waals surface area (Å²) in [6.07, 6.45) is 23.4. The number of nitrogens with two attached hydrogens (primary N) is 1. The van der Waals surface area contributed by atoms with Crippen molar-refractivity contribution in [3.63, 3.8) is 0 Å². The maximum atomic E-state index is 5.47. The Morgan fingerprint density at radius 3 is 1.21 bits per heavy atom. The van der Waals surface area contributed by atoms with Crippen LogP contribution in [0.3, 0.4) is 0 Å². The maximum Gasteiger partial charge on any atom is 0.0267 e.